The molecule has 0 N–H and O–H groups in total. The lowest BCUT2D eigenvalue weighted by molar-refractivity contribution is -0.385. The summed E-state index contributed by atoms with van der Waals surface area (Å²) in [6.07, 6.45) is 11.7. The summed E-state index contributed by atoms with van der Waals surface area (Å²) in [6.45, 7) is 3.38. The fraction of sp³-hybridized carbons (Fsp3) is 0.682. The molecule has 0 aliphatic heterocycles. The van der Waals surface area contributed by atoms with Crippen molar-refractivity contribution < 1.29 is 9.72 Å². The van der Waals surface area contributed by atoms with E-state index in [1.165, 1.54) is 12.6 Å². The Balaban J connectivity index is 1.34. The average Bonchev–Trinajstić information content (AvgIpc) is 3.36. The molecule has 2 atom stereocenters. The zero-order valence-corrected chi connectivity index (χ0v) is 18.2. The van der Waals surface area contributed by atoms with Crippen LogP contribution in [0, 0.1) is 27.4 Å². The lowest BCUT2D eigenvalue weighted by Gasteiger charge is -2.62. The summed E-state index contributed by atoms with van der Waals surface area (Å²) < 4.78 is 3.74. The molecule has 4 fully saturated rings. The summed E-state index contributed by atoms with van der Waals surface area (Å²) >= 11 is 0. The van der Waals surface area contributed by atoms with Crippen LogP contribution in [0.4, 0.5) is 5.69 Å². The van der Waals surface area contributed by atoms with Crippen molar-refractivity contribution >= 4 is 11.6 Å². The quantitative estimate of drug-likeness (QED) is 0.499. The minimum atomic E-state index is -0.377. The molecule has 9 nitrogen and oxygen atoms in total. The third kappa shape index (κ3) is 3.53. The number of nitro groups is 1. The van der Waals surface area contributed by atoms with Gasteiger partial charge in [-0.2, -0.15) is 10.2 Å². The largest absolute Gasteiger partial charge is 0.340 e. The van der Waals surface area contributed by atoms with Gasteiger partial charge < -0.3 is 4.90 Å². The Hall–Kier alpha value is -2.71. The summed E-state index contributed by atoms with van der Waals surface area (Å²) in [5, 5.41) is 20.1. The zero-order valence-electron chi connectivity index (χ0n) is 18.2. The Morgan fingerprint density at radius 1 is 1.32 bits per heavy atom. The number of carbonyl (C=O) groups is 1. The van der Waals surface area contributed by atoms with Crippen molar-refractivity contribution in [1.82, 2.24) is 24.5 Å². The molecular weight excluding hydrogens is 396 g/mol. The highest BCUT2D eigenvalue weighted by Gasteiger charge is 2.59. The van der Waals surface area contributed by atoms with E-state index in [1.807, 2.05) is 35.6 Å². The van der Waals surface area contributed by atoms with Crippen molar-refractivity contribution in [1.29, 1.82) is 0 Å². The van der Waals surface area contributed by atoms with Crippen LogP contribution in [0.5, 0.6) is 0 Å². The SMILES string of the molecule is CCn1ccc(CN(C)C(=O)CC23CC4CC(C2)CC(n2cc([N+](=O)[O-])cn2)(C4)C3)n1. The molecule has 1 amide bonds. The highest BCUT2D eigenvalue weighted by Crippen LogP contribution is 2.65. The van der Waals surface area contributed by atoms with Gasteiger partial charge in [-0.15, -0.1) is 0 Å². The van der Waals surface area contributed by atoms with Crippen molar-refractivity contribution in [2.45, 2.75) is 70.5 Å². The second kappa shape index (κ2) is 7.17. The maximum Gasteiger partial charge on any atom is 0.307 e. The molecule has 2 heterocycles. The van der Waals surface area contributed by atoms with Crippen molar-refractivity contribution in [3.05, 3.63) is 40.5 Å². The Kier molecular flexibility index (Phi) is 4.67. The predicted octanol–water partition coefficient (Wildman–Crippen LogP) is 3.35. The van der Waals surface area contributed by atoms with Crippen LogP contribution >= 0.6 is 0 Å². The summed E-state index contributed by atoms with van der Waals surface area (Å²) in [7, 11) is 1.86. The van der Waals surface area contributed by atoms with Gasteiger partial charge in [0, 0.05) is 26.2 Å². The average molecular weight is 427 g/mol. The minimum Gasteiger partial charge on any atom is -0.340 e. The van der Waals surface area contributed by atoms with E-state index < -0.39 is 0 Å². The lowest BCUT2D eigenvalue weighted by Crippen LogP contribution is -2.57. The van der Waals surface area contributed by atoms with E-state index in [-0.39, 0.29) is 27.5 Å². The smallest absolute Gasteiger partial charge is 0.307 e. The number of hydrogen-bond donors (Lipinski definition) is 0. The van der Waals surface area contributed by atoms with Crippen LogP contribution in [0.2, 0.25) is 0 Å². The van der Waals surface area contributed by atoms with Crippen molar-refractivity contribution in [2.24, 2.45) is 17.3 Å². The van der Waals surface area contributed by atoms with Crippen LogP contribution in [0.3, 0.4) is 0 Å². The standard InChI is InChI=1S/C22H30N6O3/c1-3-26-5-4-18(24-26)13-25(2)20(29)11-21-7-16-6-17(8-21)10-22(9-16,15-21)27-14-19(12-23-27)28(30)31/h4-5,12,14,16-17H,3,6-11,13,15H2,1-2H3. The summed E-state index contributed by atoms with van der Waals surface area (Å²) in [5.41, 5.74) is 0.742. The highest BCUT2D eigenvalue weighted by atomic mass is 16.6. The van der Waals surface area contributed by atoms with E-state index >= 15 is 0 Å². The fourth-order valence-corrected chi connectivity index (χ4v) is 6.99. The first-order valence-corrected chi connectivity index (χ1v) is 11.3. The molecule has 9 heteroatoms. The molecule has 166 valence electrons. The van der Waals surface area contributed by atoms with Gasteiger partial charge in [-0.25, -0.2) is 0 Å². The number of rotatable bonds is 7. The normalized spacial score (nSPS) is 31.2. The molecule has 0 saturated heterocycles. The fourth-order valence-electron chi connectivity index (χ4n) is 6.99. The molecule has 6 rings (SSSR count). The zero-order chi connectivity index (χ0) is 21.8. The summed E-state index contributed by atoms with van der Waals surface area (Å²) in [4.78, 5) is 25.8. The third-order valence-corrected chi connectivity index (χ3v) is 7.79. The molecule has 31 heavy (non-hydrogen) atoms. The van der Waals surface area contributed by atoms with Crippen molar-refractivity contribution in [3.8, 4) is 0 Å². The first kappa shape index (κ1) is 20.2. The van der Waals surface area contributed by atoms with Gasteiger partial charge >= 0.3 is 5.69 Å². The first-order valence-electron chi connectivity index (χ1n) is 11.3. The molecule has 0 radical (unpaired) electrons. The van der Waals surface area contributed by atoms with Crippen LogP contribution < -0.4 is 0 Å². The molecule has 2 aromatic heterocycles. The molecule has 4 saturated carbocycles. The van der Waals surface area contributed by atoms with E-state index in [0.29, 0.717) is 24.8 Å². The van der Waals surface area contributed by atoms with Crippen LogP contribution in [-0.4, -0.2) is 42.3 Å². The van der Waals surface area contributed by atoms with Crippen LogP contribution in [0.25, 0.3) is 0 Å². The Morgan fingerprint density at radius 2 is 2.06 bits per heavy atom. The van der Waals surface area contributed by atoms with Gasteiger partial charge in [-0.05, 0) is 68.8 Å². The van der Waals surface area contributed by atoms with E-state index in [0.717, 1.165) is 44.3 Å². The first-order chi connectivity index (χ1) is 14.8. The third-order valence-electron chi connectivity index (χ3n) is 7.79. The van der Waals surface area contributed by atoms with E-state index in [2.05, 4.69) is 10.2 Å². The second-order valence-corrected chi connectivity index (χ2v) is 10.2. The Labute approximate surface area is 181 Å². The number of hydrogen-bond acceptors (Lipinski definition) is 5. The second-order valence-electron chi connectivity index (χ2n) is 10.2. The van der Waals surface area contributed by atoms with E-state index in [1.54, 1.807) is 11.1 Å². The van der Waals surface area contributed by atoms with Crippen LogP contribution in [0.15, 0.2) is 24.7 Å². The van der Waals surface area contributed by atoms with Crippen molar-refractivity contribution in [2.75, 3.05) is 7.05 Å². The van der Waals surface area contributed by atoms with Gasteiger partial charge in [0.15, 0.2) is 0 Å². The molecule has 0 spiro atoms. The molecule has 0 aromatic carbocycles. The Morgan fingerprint density at radius 3 is 2.68 bits per heavy atom. The molecule has 2 unspecified atom stereocenters. The number of carbonyl (C=O) groups excluding carboxylic acids is 1. The summed E-state index contributed by atoms with van der Waals surface area (Å²) in [5.74, 6) is 1.31. The number of aryl methyl sites for hydroxylation is 1. The van der Waals surface area contributed by atoms with E-state index in [4.69, 9.17) is 0 Å². The maximum atomic E-state index is 13.2. The van der Waals surface area contributed by atoms with Gasteiger partial charge in [0.2, 0.25) is 5.91 Å². The number of nitrogens with zero attached hydrogens (tertiary/aromatic N) is 6. The van der Waals surface area contributed by atoms with Gasteiger partial charge in [0.1, 0.15) is 12.4 Å². The van der Waals surface area contributed by atoms with E-state index in [9.17, 15) is 14.9 Å². The van der Waals surface area contributed by atoms with Gasteiger partial charge in [0.05, 0.1) is 22.7 Å². The number of amides is 1. The molecule has 4 aliphatic carbocycles. The number of aromatic nitrogens is 4. The summed E-state index contributed by atoms with van der Waals surface area (Å²) in [6, 6.07) is 1.97. The predicted molar refractivity (Wildman–Crippen MR) is 113 cm³/mol. The van der Waals surface area contributed by atoms with Gasteiger partial charge in [0.25, 0.3) is 0 Å². The minimum absolute atomic E-state index is 0.0288. The van der Waals surface area contributed by atoms with Gasteiger partial charge in [-0.1, -0.05) is 0 Å². The molecule has 4 aliphatic rings. The van der Waals surface area contributed by atoms with Crippen LogP contribution in [0.1, 0.15) is 57.6 Å². The lowest BCUT2D eigenvalue weighted by atomic mass is 9.46. The molecular formula is C22H30N6O3. The van der Waals surface area contributed by atoms with Gasteiger partial charge in [-0.3, -0.25) is 24.3 Å². The van der Waals surface area contributed by atoms with Crippen LogP contribution in [-0.2, 0) is 23.4 Å². The maximum absolute atomic E-state index is 13.2. The van der Waals surface area contributed by atoms with Crippen molar-refractivity contribution in [3.63, 3.8) is 0 Å². The topological polar surface area (TPSA) is 99.1 Å². The molecule has 2 aromatic rings. The highest BCUT2D eigenvalue weighted by molar-refractivity contribution is 5.76. The molecule has 4 bridgehead atoms. The monoisotopic (exact) mass is 426 g/mol. The Bertz CT molecular complexity index is 997.